The maximum atomic E-state index is 12.3. The second-order valence-corrected chi connectivity index (χ2v) is 9.55. The van der Waals surface area contributed by atoms with Crippen LogP contribution < -0.4 is 5.32 Å². The van der Waals surface area contributed by atoms with Crippen LogP contribution in [0.5, 0.6) is 0 Å². The number of sulfonamides is 1. The molecule has 0 saturated carbocycles. The lowest BCUT2D eigenvalue weighted by Crippen LogP contribution is -2.45. The van der Waals surface area contributed by atoms with Crippen LogP contribution in [0.3, 0.4) is 0 Å². The van der Waals surface area contributed by atoms with Crippen LogP contribution in [0.15, 0.2) is 0 Å². The maximum Gasteiger partial charge on any atom is 0.223 e. The molecule has 3 aliphatic heterocycles. The number of fused-ring (bicyclic) bond motifs is 1. The van der Waals surface area contributed by atoms with Gasteiger partial charge in [-0.05, 0) is 19.3 Å². The summed E-state index contributed by atoms with van der Waals surface area (Å²) in [4.78, 5) is 12.3. The summed E-state index contributed by atoms with van der Waals surface area (Å²) in [6.07, 6.45) is 3.34. The van der Waals surface area contributed by atoms with Crippen LogP contribution in [0, 0.1) is 5.92 Å². The van der Waals surface area contributed by atoms with Gasteiger partial charge in [-0.1, -0.05) is 5.21 Å². The van der Waals surface area contributed by atoms with Crippen LogP contribution in [0.1, 0.15) is 30.7 Å². The quantitative estimate of drug-likeness (QED) is 0.709. The molecule has 2 fully saturated rings. The van der Waals surface area contributed by atoms with Gasteiger partial charge in [-0.3, -0.25) is 4.79 Å². The molecule has 1 spiro atoms. The Morgan fingerprint density at radius 3 is 2.81 bits per heavy atom. The highest BCUT2D eigenvalue weighted by Crippen LogP contribution is 2.33. The molecule has 3 aliphatic rings. The van der Waals surface area contributed by atoms with Crippen molar-refractivity contribution in [2.75, 3.05) is 32.6 Å². The average molecular weight is 399 g/mol. The minimum Gasteiger partial charge on any atom is -0.381 e. The topological polar surface area (TPSA) is 116 Å². The number of carbonyl (C=O) groups excluding carboxylic acids is 1. The largest absolute Gasteiger partial charge is 0.381 e. The second-order valence-electron chi connectivity index (χ2n) is 7.56. The Bertz CT molecular complexity index is 819. The van der Waals surface area contributed by atoms with E-state index >= 15 is 0 Å². The van der Waals surface area contributed by atoms with Crippen molar-refractivity contribution in [3.8, 4) is 0 Å². The van der Waals surface area contributed by atoms with Crippen LogP contribution in [-0.4, -0.2) is 71.8 Å². The Balaban J connectivity index is 1.38. The van der Waals surface area contributed by atoms with Crippen LogP contribution in [-0.2, 0) is 44.0 Å². The third kappa shape index (κ3) is 3.86. The normalized spacial score (nSPS) is 27.0. The van der Waals surface area contributed by atoms with Gasteiger partial charge in [-0.15, -0.1) is 5.10 Å². The van der Waals surface area contributed by atoms with E-state index in [1.807, 2.05) is 0 Å². The average Bonchev–Trinajstić information content (AvgIpc) is 3.24. The molecular weight excluding hydrogens is 374 g/mol. The summed E-state index contributed by atoms with van der Waals surface area (Å²) in [6, 6.07) is 0. The molecule has 1 amide bonds. The number of rotatable bonds is 4. The monoisotopic (exact) mass is 399 g/mol. The Morgan fingerprint density at radius 2 is 2.11 bits per heavy atom. The van der Waals surface area contributed by atoms with Gasteiger partial charge in [0, 0.05) is 32.2 Å². The van der Waals surface area contributed by atoms with Crippen molar-refractivity contribution in [2.45, 2.75) is 44.6 Å². The second kappa shape index (κ2) is 7.12. The van der Waals surface area contributed by atoms with Gasteiger partial charge >= 0.3 is 0 Å². The van der Waals surface area contributed by atoms with Crippen LogP contribution >= 0.6 is 0 Å². The fourth-order valence-electron chi connectivity index (χ4n) is 3.94. The zero-order valence-corrected chi connectivity index (χ0v) is 16.2. The molecule has 10 nitrogen and oxygen atoms in total. The minimum absolute atomic E-state index is 0.00913. The molecule has 0 aromatic carbocycles. The zero-order chi connectivity index (χ0) is 19.1. The molecule has 150 valence electrons. The van der Waals surface area contributed by atoms with Crippen LogP contribution in [0.25, 0.3) is 0 Å². The van der Waals surface area contributed by atoms with E-state index in [0.717, 1.165) is 18.5 Å². The van der Waals surface area contributed by atoms with Gasteiger partial charge in [0.25, 0.3) is 0 Å². The third-order valence-corrected chi connectivity index (χ3v) is 6.89. The number of hydrogen-bond donors (Lipinski definition) is 1. The minimum atomic E-state index is -3.23. The zero-order valence-electron chi connectivity index (χ0n) is 15.4. The van der Waals surface area contributed by atoms with Gasteiger partial charge in [-0.25, -0.2) is 13.1 Å². The van der Waals surface area contributed by atoms with E-state index in [9.17, 15) is 13.2 Å². The lowest BCUT2D eigenvalue weighted by Gasteiger charge is -2.33. The predicted octanol–water partition coefficient (Wildman–Crippen LogP) is -0.745. The summed E-state index contributed by atoms with van der Waals surface area (Å²) < 4.78 is 38.1. The molecular formula is C16H25N5O5S. The Hall–Kier alpha value is -1.56. The molecule has 0 aliphatic carbocycles. The van der Waals surface area contributed by atoms with Crippen molar-refractivity contribution in [1.29, 1.82) is 0 Å². The Morgan fingerprint density at radius 1 is 1.33 bits per heavy atom. The highest BCUT2D eigenvalue weighted by molar-refractivity contribution is 7.88. The number of amides is 1. The first-order chi connectivity index (χ1) is 12.9. The standard InChI is InChI=1S/C16H25N5O5S/c1-27(23,24)20-5-4-16(10-20)11-21-14(9-26-16)13(18-19-21)8-17-15(22)12-2-6-25-7-3-12/h12H,2-11H2,1H3,(H,17,22). The number of nitrogens with zero attached hydrogens (tertiary/aromatic N) is 4. The lowest BCUT2D eigenvalue weighted by molar-refractivity contribution is -0.128. The number of carbonyl (C=O) groups is 1. The van der Waals surface area contributed by atoms with Gasteiger partial charge < -0.3 is 14.8 Å². The first-order valence-corrected chi connectivity index (χ1v) is 11.1. The summed E-state index contributed by atoms with van der Waals surface area (Å²) in [5.41, 5.74) is 0.987. The summed E-state index contributed by atoms with van der Waals surface area (Å²) in [7, 11) is -3.23. The molecule has 11 heteroatoms. The molecule has 4 rings (SSSR count). The smallest absolute Gasteiger partial charge is 0.223 e. The third-order valence-electron chi connectivity index (χ3n) is 5.64. The van der Waals surface area contributed by atoms with Crippen LogP contribution in [0.2, 0.25) is 0 Å². The SMILES string of the molecule is CS(=O)(=O)N1CCC2(C1)Cn1nnc(CNC(=O)C3CCOCC3)c1CO2. The van der Waals surface area contributed by atoms with E-state index < -0.39 is 15.6 Å². The van der Waals surface area contributed by atoms with Gasteiger partial charge in [0.05, 0.1) is 31.6 Å². The van der Waals surface area contributed by atoms with E-state index in [1.54, 1.807) is 4.68 Å². The summed E-state index contributed by atoms with van der Waals surface area (Å²) in [6.45, 7) is 3.14. The molecule has 4 heterocycles. The molecule has 2 saturated heterocycles. The molecule has 0 bridgehead atoms. The van der Waals surface area contributed by atoms with E-state index in [2.05, 4.69) is 15.6 Å². The predicted molar refractivity (Wildman–Crippen MR) is 94.0 cm³/mol. The Kier molecular flexibility index (Phi) is 4.95. The molecule has 1 N–H and O–H groups in total. The van der Waals surface area contributed by atoms with E-state index in [4.69, 9.17) is 9.47 Å². The number of ether oxygens (including phenoxy) is 2. The molecule has 1 atom stereocenters. The van der Waals surface area contributed by atoms with Gasteiger partial charge in [-0.2, -0.15) is 4.31 Å². The molecule has 0 radical (unpaired) electrons. The fourth-order valence-corrected chi connectivity index (χ4v) is 4.84. The molecule has 1 unspecified atom stereocenters. The van der Waals surface area contributed by atoms with E-state index in [0.29, 0.717) is 58.1 Å². The summed E-state index contributed by atoms with van der Waals surface area (Å²) in [5, 5.41) is 11.3. The van der Waals surface area contributed by atoms with Gasteiger partial charge in [0.1, 0.15) is 11.3 Å². The lowest BCUT2D eigenvalue weighted by atomic mass is 9.99. The van der Waals surface area contributed by atoms with Crippen molar-refractivity contribution in [1.82, 2.24) is 24.6 Å². The van der Waals surface area contributed by atoms with Crippen LogP contribution in [0.4, 0.5) is 0 Å². The fraction of sp³-hybridized carbons (Fsp3) is 0.812. The Labute approximate surface area is 158 Å². The highest BCUT2D eigenvalue weighted by Gasteiger charge is 2.45. The van der Waals surface area contributed by atoms with Crippen molar-refractivity contribution in [3.05, 3.63) is 11.4 Å². The summed E-state index contributed by atoms with van der Waals surface area (Å²) in [5.74, 6) is 0.0120. The number of hydrogen-bond acceptors (Lipinski definition) is 7. The number of nitrogens with one attached hydrogen (secondary N) is 1. The van der Waals surface area contributed by atoms with Crippen molar-refractivity contribution < 1.29 is 22.7 Å². The maximum absolute atomic E-state index is 12.3. The molecule has 1 aromatic rings. The molecule has 27 heavy (non-hydrogen) atoms. The van der Waals surface area contributed by atoms with Crippen molar-refractivity contribution in [3.63, 3.8) is 0 Å². The number of aromatic nitrogens is 3. The highest BCUT2D eigenvalue weighted by atomic mass is 32.2. The van der Waals surface area contributed by atoms with Crippen molar-refractivity contribution in [2.24, 2.45) is 5.92 Å². The summed E-state index contributed by atoms with van der Waals surface area (Å²) >= 11 is 0. The first kappa shape index (κ1) is 18.8. The van der Waals surface area contributed by atoms with E-state index in [1.165, 1.54) is 10.6 Å². The van der Waals surface area contributed by atoms with Gasteiger partial charge in [0.15, 0.2) is 0 Å². The van der Waals surface area contributed by atoms with Crippen molar-refractivity contribution >= 4 is 15.9 Å². The first-order valence-electron chi connectivity index (χ1n) is 9.22. The van der Waals surface area contributed by atoms with Gasteiger partial charge in [0.2, 0.25) is 15.9 Å². The molecule has 1 aromatic heterocycles. The van der Waals surface area contributed by atoms with E-state index in [-0.39, 0.29) is 11.8 Å².